The molecule has 1 radical (unpaired) electrons. The maximum Gasteiger partial charge on any atom is 0.211 e. The van der Waals surface area contributed by atoms with Crippen molar-refractivity contribution in [1.82, 2.24) is 0 Å². The second-order valence-electron chi connectivity index (χ2n) is 24.3. The third-order valence-corrected chi connectivity index (χ3v) is 18.7. The molecule has 8 aromatic carbocycles. The number of fused-ring (bicyclic) bond motifs is 10. The largest absolute Gasteiger partial charge is 0.454 e. The van der Waals surface area contributed by atoms with Crippen molar-refractivity contribution in [1.29, 1.82) is 0 Å². The second-order valence-corrected chi connectivity index (χ2v) is 25.4. The quantitative estimate of drug-likeness (QED) is 0.174. The first-order valence-electron chi connectivity index (χ1n) is 26.2. The summed E-state index contributed by atoms with van der Waals surface area (Å²) in [6.07, 6.45) is 4.70. The molecule has 13 rings (SSSR count). The van der Waals surface area contributed by atoms with Gasteiger partial charge in [-0.3, -0.25) is 0 Å². The zero-order valence-electron chi connectivity index (χ0n) is 43.9. The number of rotatable bonds is 5. The number of nitrogens with zero attached hydrogens (tertiary/aromatic N) is 1. The van der Waals surface area contributed by atoms with Gasteiger partial charge < -0.3 is 14.6 Å². The first-order chi connectivity index (χ1) is 34.4. The average Bonchev–Trinajstić information content (AvgIpc) is 3.91. The van der Waals surface area contributed by atoms with E-state index in [0.717, 1.165) is 45.3 Å². The monoisotopic (exact) mass is 955 g/mol. The molecule has 2 aliphatic carbocycles. The van der Waals surface area contributed by atoms with Crippen LogP contribution in [0.25, 0.3) is 65.1 Å². The number of benzene rings is 8. The fourth-order valence-electron chi connectivity index (χ4n) is 13.1. The van der Waals surface area contributed by atoms with Crippen LogP contribution in [0.4, 0.5) is 28.4 Å². The molecular weight excluding hydrogens is 892 g/mol. The summed E-state index contributed by atoms with van der Waals surface area (Å²) in [5.74, 6) is 0. The second kappa shape index (κ2) is 15.7. The maximum atomic E-state index is 6.68. The van der Waals surface area contributed by atoms with Gasteiger partial charge in [-0.2, -0.15) is 0 Å². The number of hydrogen-bond donors (Lipinski definition) is 1. The van der Waals surface area contributed by atoms with E-state index in [4.69, 9.17) is 4.42 Å². The Morgan fingerprint density at radius 1 is 0.514 bits per heavy atom. The number of anilines is 5. The fraction of sp³-hybridized carbons (Fsp3) is 0.284. The first-order valence-corrected chi connectivity index (χ1v) is 27.1. The Bertz CT molecular complexity index is 3910. The van der Waals surface area contributed by atoms with Gasteiger partial charge in [0.15, 0.2) is 5.58 Å². The van der Waals surface area contributed by atoms with Crippen LogP contribution in [-0.2, 0) is 21.7 Å². The Kier molecular flexibility index (Phi) is 9.90. The molecule has 0 amide bonds. The Labute approximate surface area is 430 Å². The average molecular weight is 956 g/mol. The lowest BCUT2D eigenvalue weighted by Crippen LogP contribution is -2.40. The van der Waals surface area contributed by atoms with Crippen LogP contribution in [0.1, 0.15) is 120 Å². The molecular formula is C67H64BN2OS. The van der Waals surface area contributed by atoms with Crippen molar-refractivity contribution in [2.45, 2.75) is 124 Å². The van der Waals surface area contributed by atoms with Gasteiger partial charge in [0.05, 0.1) is 11.4 Å². The number of para-hydroxylation sites is 2. The van der Waals surface area contributed by atoms with Gasteiger partial charge in [-0.1, -0.05) is 134 Å². The van der Waals surface area contributed by atoms with Crippen LogP contribution in [0.3, 0.4) is 0 Å². The highest BCUT2D eigenvalue weighted by atomic mass is 32.1. The van der Waals surface area contributed by atoms with Gasteiger partial charge in [0.1, 0.15) is 5.58 Å². The van der Waals surface area contributed by atoms with Crippen LogP contribution in [0.2, 0.25) is 0 Å². The van der Waals surface area contributed by atoms with E-state index in [-0.39, 0.29) is 21.7 Å². The van der Waals surface area contributed by atoms with Crippen molar-refractivity contribution in [2.75, 3.05) is 10.2 Å². The van der Waals surface area contributed by atoms with Crippen molar-refractivity contribution in [3.8, 4) is 22.3 Å². The summed E-state index contributed by atoms with van der Waals surface area (Å²) in [6.45, 7) is 26.6. The van der Waals surface area contributed by atoms with E-state index in [2.05, 4.69) is 227 Å². The van der Waals surface area contributed by atoms with E-state index in [1.807, 2.05) is 11.3 Å². The maximum absolute atomic E-state index is 6.68. The Morgan fingerprint density at radius 3 is 1.82 bits per heavy atom. The van der Waals surface area contributed by atoms with Crippen LogP contribution in [0.5, 0.6) is 0 Å². The minimum atomic E-state index is 0.0336. The van der Waals surface area contributed by atoms with E-state index in [9.17, 15) is 0 Å². The van der Waals surface area contributed by atoms with Crippen LogP contribution < -0.4 is 20.5 Å². The summed E-state index contributed by atoms with van der Waals surface area (Å²) < 4.78 is 9.34. The molecule has 0 spiro atoms. The molecule has 2 aromatic heterocycles. The van der Waals surface area contributed by atoms with Crippen molar-refractivity contribution in [3.05, 3.63) is 172 Å². The summed E-state index contributed by atoms with van der Waals surface area (Å²) in [7, 11) is 2.55. The molecule has 0 saturated heterocycles. The fourth-order valence-corrected chi connectivity index (χ4v) is 14.3. The van der Waals surface area contributed by atoms with Crippen molar-refractivity contribution in [3.63, 3.8) is 0 Å². The van der Waals surface area contributed by atoms with Crippen LogP contribution in [-0.4, -0.2) is 7.28 Å². The van der Waals surface area contributed by atoms with Gasteiger partial charge in [0, 0.05) is 43.5 Å². The highest BCUT2D eigenvalue weighted by Gasteiger charge is 2.42. The van der Waals surface area contributed by atoms with Crippen LogP contribution >= 0.6 is 11.3 Å². The molecule has 1 N–H and O–H groups in total. The Hall–Kier alpha value is -6.56. The van der Waals surface area contributed by atoms with Gasteiger partial charge in [-0.05, 0) is 199 Å². The normalized spacial score (nSPS) is 17.1. The molecule has 3 heterocycles. The zero-order chi connectivity index (χ0) is 49.8. The minimum absolute atomic E-state index is 0.0336. The highest BCUT2D eigenvalue weighted by Crippen LogP contribution is 2.54. The van der Waals surface area contributed by atoms with E-state index in [0.29, 0.717) is 0 Å². The number of furan rings is 1. The van der Waals surface area contributed by atoms with Gasteiger partial charge in [0.25, 0.3) is 0 Å². The molecule has 357 valence electrons. The lowest BCUT2D eigenvalue weighted by molar-refractivity contribution is 0.332. The molecule has 3 aliphatic rings. The molecule has 3 nitrogen and oxygen atoms in total. The summed E-state index contributed by atoms with van der Waals surface area (Å²) >= 11 is 1.97. The third kappa shape index (κ3) is 6.89. The molecule has 0 unspecified atom stereocenters. The number of thiophene rings is 1. The zero-order valence-corrected chi connectivity index (χ0v) is 44.7. The molecule has 10 aromatic rings. The Morgan fingerprint density at radius 2 is 1.11 bits per heavy atom. The van der Waals surface area contributed by atoms with Gasteiger partial charge in [-0.15, -0.1) is 11.3 Å². The molecule has 0 saturated carbocycles. The molecule has 0 bridgehead atoms. The standard InChI is InChI=1S/C67H64BN2OS/c1-38-18-16-19-39(2)59(38)43-32-47(46-31-41-20-12-13-21-42(41)33-54(46)69-53-24-17-23-45-44-22-14-15-25-57(44)71-62(45)53)60-56(34-43)70(55-36-51-49(30-40(55)3)64(4,5)26-28-66(51,8)9)61-48-35-50-52(37-58(48)72-63(61)68-60)67(10,11)29-27-65(50,6)7/h12-25,30-37,69H,26-29H2,1-11H3. The number of nitrogens with one attached hydrogen (secondary N) is 1. The minimum Gasteiger partial charge on any atom is -0.454 e. The van der Waals surface area contributed by atoms with Crippen molar-refractivity contribution >= 4 is 100 Å². The Balaban J connectivity index is 1.14. The molecule has 0 fully saturated rings. The molecule has 72 heavy (non-hydrogen) atoms. The predicted molar refractivity (Wildman–Crippen MR) is 312 cm³/mol. The summed E-state index contributed by atoms with van der Waals surface area (Å²) in [5, 5.41) is 9.99. The first kappa shape index (κ1) is 45.3. The van der Waals surface area contributed by atoms with E-state index in [1.165, 1.54) is 123 Å². The van der Waals surface area contributed by atoms with E-state index >= 15 is 0 Å². The lowest BCUT2D eigenvalue weighted by atomic mass is 9.60. The summed E-state index contributed by atoms with van der Waals surface area (Å²) in [4.78, 5) is 2.72. The van der Waals surface area contributed by atoms with E-state index < -0.39 is 0 Å². The SMILES string of the molecule is Cc1cc2c(cc1N1c3cc(-c4c(C)cccc4C)cc(-c4cc5ccccc5cc4Nc4cccc5c4oc4ccccc45)c3[B]c3sc4cc5c(cc4c31)C(C)(C)CCC5(C)C)C(C)(C)CCC2(C)C. The number of hydrogen-bond acceptors (Lipinski definition) is 4. The summed E-state index contributed by atoms with van der Waals surface area (Å²) in [6, 6.07) is 50.6. The van der Waals surface area contributed by atoms with Gasteiger partial charge in [0.2, 0.25) is 7.28 Å². The molecule has 0 atom stereocenters. The summed E-state index contributed by atoms with van der Waals surface area (Å²) in [5.41, 5.74) is 23.7. The third-order valence-electron chi connectivity index (χ3n) is 17.6. The van der Waals surface area contributed by atoms with Crippen molar-refractivity contribution < 1.29 is 4.42 Å². The molecule has 5 heteroatoms. The molecule has 1 aliphatic heterocycles. The van der Waals surface area contributed by atoms with E-state index in [1.54, 1.807) is 0 Å². The van der Waals surface area contributed by atoms with Crippen LogP contribution in [0, 0.1) is 20.8 Å². The predicted octanol–water partition coefficient (Wildman–Crippen LogP) is 18.1. The topological polar surface area (TPSA) is 28.4 Å². The highest BCUT2D eigenvalue weighted by molar-refractivity contribution is 7.29. The van der Waals surface area contributed by atoms with Crippen LogP contribution in [0.15, 0.2) is 138 Å². The van der Waals surface area contributed by atoms with Gasteiger partial charge >= 0.3 is 0 Å². The van der Waals surface area contributed by atoms with Gasteiger partial charge in [-0.25, -0.2) is 0 Å². The smallest absolute Gasteiger partial charge is 0.211 e. The lowest BCUT2D eigenvalue weighted by Gasteiger charge is -2.44. The number of aryl methyl sites for hydroxylation is 3. The van der Waals surface area contributed by atoms with Crippen molar-refractivity contribution in [2.24, 2.45) is 0 Å².